The van der Waals surface area contributed by atoms with Crippen LogP contribution in [0.5, 0.6) is 0 Å². The standard InChI is InChI=1S/C14H12N2O4S/c17-11(15-10-5-6-21-14(10)20)7-16-12(18)8-3-1-2-4-9(8)13(16)19/h1-4,10H,5-7H2,(H,15,17). The van der Waals surface area contributed by atoms with Crippen LogP contribution in [0.1, 0.15) is 27.1 Å². The number of rotatable bonds is 3. The van der Waals surface area contributed by atoms with Crippen LogP contribution in [0, 0.1) is 0 Å². The zero-order valence-corrected chi connectivity index (χ0v) is 11.8. The monoisotopic (exact) mass is 304 g/mol. The lowest BCUT2D eigenvalue weighted by molar-refractivity contribution is -0.124. The van der Waals surface area contributed by atoms with Gasteiger partial charge in [0.2, 0.25) is 11.0 Å². The number of amides is 3. The summed E-state index contributed by atoms with van der Waals surface area (Å²) >= 11 is 1.18. The average molecular weight is 304 g/mol. The van der Waals surface area contributed by atoms with Crippen LogP contribution >= 0.6 is 11.8 Å². The molecule has 0 radical (unpaired) electrons. The molecule has 1 fully saturated rings. The highest BCUT2D eigenvalue weighted by molar-refractivity contribution is 8.14. The molecule has 2 aliphatic heterocycles. The SMILES string of the molecule is O=C(CN1C(=O)c2ccccc2C1=O)NC1CCSC1=O. The molecule has 1 N–H and O–H groups in total. The molecular weight excluding hydrogens is 292 g/mol. The Hall–Kier alpha value is -2.15. The topological polar surface area (TPSA) is 83.6 Å². The summed E-state index contributed by atoms with van der Waals surface area (Å²) in [6.45, 7) is -0.360. The first-order chi connectivity index (χ1) is 10.1. The molecule has 7 heteroatoms. The van der Waals surface area contributed by atoms with E-state index in [9.17, 15) is 19.2 Å². The summed E-state index contributed by atoms with van der Waals surface area (Å²) in [5, 5.41) is 2.49. The molecular formula is C14H12N2O4S. The maximum Gasteiger partial charge on any atom is 0.262 e. The predicted molar refractivity (Wildman–Crippen MR) is 75.8 cm³/mol. The molecule has 3 amide bonds. The first kappa shape index (κ1) is 13.8. The maximum atomic E-state index is 12.1. The van der Waals surface area contributed by atoms with E-state index in [2.05, 4.69) is 5.32 Å². The largest absolute Gasteiger partial charge is 0.344 e. The fourth-order valence-electron chi connectivity index (χ4n) is 2.39. The van der Waals surface area contributed by atoms with E-state index in [0.29, 0.717) is 23.3 Å². The van der Waals surface area contributed by atoms with Crippen LogP contribution in [0.3, 0.4) is 0 Å². The van der Waals surface area contributed by atoms with Gasteiger partial charge in [0.1, 0.15) is 6.54 Å². The van der Waals surface area contributed by atoms with Gasteiger partial charge in [0.25, 0.3) is 11.8 Å². The van der Waals surface area contributed by atoms with Gasteiger partial charge in [-0.2, -0.15) is 0 Å². The van der Waals surface area contributed by atoms with Crippen molar-refractivity contribution in [2.24, 2.45) is 0 Å². The van der Waals surface area contributed by atoms with Crippen LogP contribution < -0.4 is 5.32 Å². The summed E-state index contributed by atoms with van der Waals surface area (Å²) in [4.78, 5) is 48.5. The first-order valence-electron chi connectivity index (χ1n) is 6.49. The predicted octanol–water partition coefficient (Wildman–Crippen LogP) is 0.431. The highest BCUT2D eigenvalue weighted by Crippen LogP contribution is 2.22. The minimum atomic E-state index is -0.516. The molecule has 3 rings (SSSR count). The average Bonchev–Trinajstić information content (AvgIpc) is 2.97. The normalized spacial score (nSPS) is 20.9. The minimum absolute atomic E-state index is 0.0780. The Morgan fingerprint density at radius 2 is 1.81 bits per heavy atom. The molecule has 108 valence electrons. The van der Waals surface area contributed by atoms with Gasteiger partial charge in [-0.15, -0.1) is 0 Å². The van der Waals surface area contributed by atoms with Gasteiger partial charge in [0, 0.05) is 5.75 Å². The summed E-state index contributed by atoms with van der Waals surface area (Å²) in [7, 11) is 0. The van der Waals surface area contributed by atoms with E-state index in [0.717, 1.165) is 4.90 Å². The van der Waals surface area contributed by atoms with Crippen LogP contribution in [0.25, 0.3) is 0 Å². The van der Waals surface area contributed by atoms with Gasteiger partial charge in [-0.25, -0.2) is 0 Å². The van der Waals surface area contributed by atoms with Crippen LogP contribution in [0.2, 0.25) is 0 Å². The molecule has 2 aliphatic rings. The molecule has 0 aliphatic carbocycles. The molecule has 0 spiro atoms. The lowest BCUT2D eigenvalue weighted by Gasteiger charge is -2.15. The van der Waals surface area contributed by atoms with Gasteiger partial charge in [0.15, 0.2) is 0 Å². The van der Waals surface area contributed by atoms with Gasteiger partial charge in [-0.05, 0) is 18.6 Å². The second-order valence-electron chi connectivity index (χ2n) is 4.82. The summed E-state index contributed by atoms with van der Waals surface area (Å²) in [6, 6.07) is 5.94. The number of fused-ring (bicyclic) bond motifs is 1. The second-order valence-corrected chi connectivity index (χ2v) is 5.92. The molecule has 1 aromatic rings. The van der Waals surface area contributed by atoms with E-state index in [1.807, 2.05) is 0 Å². The summed E-state index contributed by atoms with van der Waals surface area (Å²) in [6.07, 6.45) is 0.581. The Kier molecular flexibility index (Phi) is 3.50. The van der Waals surface area contributed by atoms with Crippen molar-refractivity contribution in [3.05, 3.63) is 35.4 Å². The molecule has 1 unspecified atom stereocenters. The van der Waals surface area contributed by atoms with Gasteiger partial charge in [0.05, 0.1) is 17.2 Å². The highest BCUT2D eigenvalue weighted by Gasteiger charge is 2.37. The van der Waals surface area contributed by atoms with Gasteiger partial charge in [-0.1, -0.05) is 23.9 Å². The van der Waals surface area contributed by atoms with Crippen molar-refractivity contribution in [2.75, 3.05) is 12.3 Å². The van der Waals surface area contributed by atoms with Crippen molar-refractivity contribution in [3.8, 4) is 0 Å². The molecule has 1 aromatic carbocycles. The molecule has 6 nitrogen and oxygen atoms in total. The van der Waals surface area contributed by atoms with Crippen LogP contribution in [-0.4, -0.2) is 46.1 Å². The smallest absolute Gasteiger partial charge is 0.262 e. The maximum absolute atomic E-state index is 12.1. The number of benzene rings is 1. The number of carbonyl (C=O) groups excluding carboxylic acids is 4. The Morgan fingerprint density at radius 1 is 1.19 bits per heavy atom. The van der Waals surface area contributed by atoms with E-state index in [1.54, 1.807) is 24.3 Å². The van der Waals surface area contributed by atoms with Crippen molar-refractivity contribution in [2.45, 2.75) is 12.5 Å². The fourth-order valence-corrected chi connectivity index (χ4v) is 3.33. The van der Waals surface area contributed by atoms with Crippen LogP contribution in [0.15, 0.2) is 24.3 Å². The zero-order chi connectivity index (χ0) is 15.0. The van der Waals surface area contributed by atoms with E-state index in [1.165, 1.54) is 11.8 Å². The minimum Gasteiger partial charge on any atom is -0.344 e. The number of carbonyl (C=O) groups is 4. The number of hydrogen-bond acceptors (Lipinski definition) is 5. The molecule has 21 heavy (non-hydrogen) atoms. The molecule has 0 aromatic heterocycles. The lowest BCUT2D eigenvalue weighted by Crippen LogP contribution is -2.45. The number of nitrogens with zero attached hydrogens (tertiary/aromatic N) is 1. The van der Waals surface area contributed by atoms with Crippen LogP contribution in [-0.2, 0) is 9.59 Å². The van der Waals surface area contributed by atoms with E-state index in [4.69, 9.17) is 0 Å². The van der Waals surface area contributed by atoms with Crippen molar-refractivity contribution in [1.29, 1.82) is 0 Å². The van der Waals surface area contributed by atoms with E-state index < -0.39 is 23.8 Å². The Labute approximate surface area is 124 Å². The van der Waals surface area contributed by atoms with Gasteiger partial charge in [-0.3, -0.25) is 24.1 Å². The van der Waals surface area contributed by atoms with Crippen LogP contribution in [0.4, 0.5) is 0 Å². The quantitative estimate of drug-likeness (QED) is 0.819. The van der Waals surface area contributed by atoms with Crippen molar-refractivity contribution < 1.29 is 19.2 Å². The summed E-state index contributed by atoms with van der Waals surface area (Å²) in [5.74, 6) is -0.766. The Morgan fingerprint density at radius 3 is 2.33 bits per heavy atom. The number of thioether (sulfide) groups is 1. The molecule has 0 bridgehead atoms. The highest BCUT2D eigenvalue weighted by atomic mass is 32.2. The lowest BCUT2D eigenvalue weighted by atomic mass is 10.1. The van der Waals surface area contributed by atoms with Crippen molar-refractivity contribution in [1.82, 2.24) is 10.2 Å². The van der Waals surface area contributed by atoms with E-state index in [-0.39, 0.29) is 11.7 Å². The zero-order valence-electron chi connectivity index (χ0n) is 11.0. The molecule has 2 heterocycles. The molecule has 1 atom stereocenters. The number of hydrogen-bond donors (Lipinski definition) is 1. The van der Waals surface area contributed by atoms with E-state index >= 15 is 0 Å². The fraction of sp³-hybridized carbons (Fsp3) is 0.286. The van der Waals surface area contributed by atoms with Gasteiger partial charge < -0.3 is 5.32 Å². The number of nitrogens with one attached hydrogen (secondary N) is 1. The Balaban J connectivity index is 1.69. The van der Waals surface area contributed by atoms with Crippen molar-refractivity contribution in [3.63, 3.8) is 0 Å². The second kappa shape index (κ2) is 5.33. The third-order valence-electron chi connectivity index (χ3n) is 3.45. The first-order valence-corrected chi connectivity index (χ1v) is 7.47. The number of imide groups is 1. The molecule has 1 saturated heterocycles. The molecule has 0 saturated carbocycles. The van der Waals surface area contributed by atoms with Crippen molar-refractivity contribution >= 4 is 34.6 Å². The summed E-state index contributed by atoms with van der Waals surface area (Å²) in [5.41, 5.74) is 0.616. The third kappa shape index (κ3) is 2.44. The summed E-state index contributed by atoms with van der Waals surface area (Å²) < 4.78 is 0. The third-order valence-corrected chi connectivity index (χ3v) is 4.46. The van der Waals surface area contributed by atoms with Gasteiger partial charge >= 0.3 is 0 Å². The Bertz CT molecular complexity index is 623.